The van der Waals surface area contributed by atoms with E-state index in [4.69, 9.17) is 24.9 Å². The van der Waals surface area contributed by atoms with Crippen LogP contribution in [0.4, 0.5) is 0 Å². The van der Waals surface area contributed by atoms with Crippen molar-refractivity contribution in [2.75, 3.05) is 0 Å². The first-order valence-electron chi connectivity index (χ1n) is 19.7. The Morgan fingerprint density at radius 2 is 0.617 bits per heavy atom. The molecule has 60 heavy (non-hydrogen) atoms. The minimum Gasteiger partial charge on any atom is -0.256 e. The molecule has 5 aromatic carbocycles. The number of aromatic nitrogens is 7. The van der Waals surface area contributed by atoms with Crippen LogP contribution in [0.2, 0.25) is 0 Å². The van der Waals surface area contributed by atoms with Crippen LogP contribution in [0.3, 0.4) is 0 Å². The summed E-state index contributed by atoms with van der Waals surface area (Å²) < 4.78 is 0. The van der Waals surface area contributed by atoms with Crippen LogP contribution in [-0.2, 0) is 0 Å². The predicted octanol–water partition coefficient (Wildman–Crippen LogP) is 12.5. The minimum atomic E-state index is 0.573. The van der Waals surface area contributed by atoms with E-state index in [0.717, 1.165) is 84.0 Å². The zero-order valence-electron chi connectivity index (χ0n) is 32.3. The second kappa shape index (κ2) is 16.3. The van der Waals surface area contributed by atoms with E-state index in [9.17, 15) is 0 Å². The van der Waals surface area contributed by atoms with E-state index in [1.165, 1.54) is 0 Å². The number of nitrogens with zero attached hydrogens (tertiary/aromatic N) is 7. The van der Waals surface area contributed by atoms with Crippen LogP contribution in [0.1, 0.15) is 0 Å². The zero-order chi connectivity index (χ0) is 40.1. The van der Waals surface area contributed by atoms with Crippen molar-refractivity contribution in [2.24, 2.45) is 0 Å². The minimum absolute atomic E-state index is 0.573. The van der Waals surface area contributed by atoms with Crippen LogP contribution < -0.4 is 0 Å². The van der Waals surface area contributed by atoms with Crippen LogP contribution in [0.15, 0.2) is 213 Å². The summed E-state index contributed by atoms with van der Waals surface area (Å²) in [6.45, 7) is 0. The van der Waals surface area contributed by atoms with Crippen molar-refractivity contribution in [3.63, 3.8) is 0 Å². The summed E-state index contributed by atoms with van der Waals surface area (Å²) >= 11 is 0. The molecule has 7 heteroatoms. The van der Waals surface area contributed by atoms with Gasteiger partial charge in [-0.1, -0.05) is 127 Å². The molecule has 5 aromatic heterocycles. The van der Waals surface area contributed by atoms with Gasteiger partial charge in [-0.3, -0.25) is 19.9 Å². The highest BCUT2D eigenvalue weighted by Gasteiger charge is 2.19. The lowest BCUT2D eigenvalue weighted by Gasteiger charge is -2.15. The molecule has 0 atom stereocenters. The second-order valence-corrected chi connectivity index (χ2v) is 14.2. The van der Waals surface area contributed by atoms with Gasteiger partial charge in [0.1, 0.15) is 0 Å². The van der Waals surface area contributed by atoms with E-state index < -0.39 is 0 Å². The molecule has 7 nitrogen and oxygen atoms in total. The molecule has 0 amide bonds. The first-order valence-corrected chi connectivity index (χ1v) is 19.7. The van der Waals surface area contributed by atoms with Gasteiger partial charge in [0.25, 0.3) is 0 Å². The molecule has 282 valence electrons. The van der Waals surface area contributed by atoms with Crippen molar-refractivity contribution in [1.82, 2.24) is 34.9 Å². The van der Waals surface area contributed by atoms with E-state index in [0.29, 0.717) is 17.5 Å². The van der Waals surface area contributed by atoms with Crippen LogP contribution in [0.25, 0.3) is 101 Å². The third-order valence-electron chi connectivity index (χ3n) is 10.4. The summed E-state index contributed by atoms with van der Waals surface area (Å²) in [5.41, 5.74) is 14.1. The highest BCUT2D eigenvalue weighted by Crippen LogP contribution is 2.39. The molecule has 0 unspecified atom stereocenters. The van der Waals surface area contributed by atoms with Crippen molar-refractivity contribution in [2.45, 2.75) is 0 Å². The summed E-state index contributed by atoms with van der Waals surface area (Å²) in [7, 11) is 0. The lowest BCUT2D eigenvalue weighted by Crippen LogP contribution is -2.02. The average molecular weight is 770 g/mol. The zero-order valence-corrected chi connectivity index (χ0v) is 32.3. The van der Waals surface area contributed by atoms with Crippen molar-refractivity contribution >= 4 is 0 Å². The number of benzene rings is 5. The fourth-order valence-corrected chi connectivity index (χ4v) is 7.59. The molecule has 0 saturated carbocycles. The summed E-state index contributed by atoms with van der Waals surface area (Å²) in [6.07, 6.45) is 7.27. The average Bonchev–Trinajstić information content (AvgIpc) is 3.35. The quantitative estimate of drug-likeness (QED) is 0.144. The maximum absolute atomic E-state index is 5.28. The van der Waals surface area contributed by atoms with Crippen LogP contribution >= 0.6 is 0 Å². The number of hydrogen-bond donors (Lipinski definition) is 0. The SMILES string of the molecule is c1ccc(-c2nc(-c3ccccc3-c3cccc(-c4ncccc4-c4ccccn4)c3)nc(-c3ccccc3-c3cccc(-c4ncccc4-c4ccccn4)c3)n2)cc1. The molecule has 0 fully saturated rings. The lowest BCUT2D eigenvalue weighted by molar-refractivity contribution is 1.07. The Morgan fingerprint density at radius 3 is 1.10 bits per heavy atom. The molecule has 0 spiro atoms. The smallest absolute Gasteiger partial charge is 0.164 e. The summed E-state index contributed by atoms with van der Waals surface area (Å²) in [5, 5.41) is 0. The Morgan fingerprint density at radius 1 is 0.233 bits per heavy atom. The van der Waals surface area contributed by atoms with E-state index in [1.807, 2.05) is 116 Å². The third-order valence-corrected chi connectivity index (χ3v) is 10.4. The Labute approximate surface area is 347 Å². The molecule has 0 N–H and O–H groups in total. The fraction of sp³-hybridized carbons (Fsp3) is 0. The van der Waals surface area contributed by atoms with Gasteiger partial charge in [0.2, 0.25) is 0 Å². The van der Waals surface area contributed by atoms with Gasteiger partial charge in [-0.25, -0.2) is 15.0 Å². The summed E-state index contributed by atoms with van der Waals surface area (Å²) in [5.74, 6) is 1.73. The van der Waals surface area contributed by atoms with Crippen LogP contribution in [0.5, 0.6) is 0 Å². The van der Waals surface area contributed by atoms with Gasteiger partial charge in [-0.05, 0) is 82.9 Å². The molecule has 0 aliphatic rings. The van der Waals surface area contributed by atoms with Crippen molar-refractivity contribution in [3.8, 4) is 101 Å². The fourth-order valence-electron chi connectivity index (χ4n) is 7.59. The monoisotopic (exact) mass is 769 g/mol. The van der Waals surface area contributed by atoms with Crippen molar-refractivity contribution < 1.29 is 0 Å². The van der Waals surface area contributed by atoms with Gasteiger partial charge in [-0.2, -0.15) is 0 Å². The van der Waals surface area contributed by atoms with Crippen LogP contribution in [-0.4, -0.2) is 34.9 Å². The summed E-state index contributed by atoms with van der Waals surface area (Å²) in [6, 6.07) is 63.4. The number of hydrogen-bond acceptors (Lipinski definition) is 7. The van der Waals surface area contributed by atoms with Gasteiger partial charge >= 0.3 is 0 Å². The van der Waals surface area contributed by atoms with Gasteiger partial charge in [0.15, 0.2) is 17.5 Å². The molecule has 0 saturated heterocycles. The standard InChI is InChI=1S/C53H35N7/c1-2-16-36(17-3-1)51-58-52(43-24-6-4-22-41(43)37-18-12-20-39(34-37)49-45(26-14-32-56-49)47-28-8-10-30-54-47)60-53(59-51)44-25-7-5-23-42(44)38-19-13-21-40(35-38)50-46(27-15-33-57-50)48-29-9-11-31-55-48/h1-35H. The highest BCUT2D eigenvalue weighted by atomic mass is 15.0. The van der Waals surface area contributed by atoms with Crippen molar-refractivity contribution in [1.29, 1.82) is 0 Å². The van der Waals surface area contributed by atoms with Gasteiger partial charge in [-0.15, -0.1) is 0 Å². The second-order valence-electron chi connectivity index (χ2n) is 14.2. The molecular weight excluding hydrogens is 735 g/mol. The van der Waals surface area contributed by atoms with Crippen LogP contribution in [0, 0.1) is 0 Å². The normalized spacial score (nSPS) is 11.0. The molecule has 0 radical (unpaired) electrons. The number of rotatable bonds is 9. The topological polar surface area (TPSA) is 90.2 Å². The predicted molar refractivity (Wildman–Crippen MR) is 240 cm³/mol. The van der Waals surface area contributed by atoms with Crippen molar-refractivity contribution in [3.05, 3.63) is 213 Å². The molecule has 0 aliphatic heterocycles. The van der Waals surface area contributed by atoms with E-state index >= 15 is 0 Å². The van der Waals surface area contributed by atoms with Gasteiger partial charge < -0.3 is 0 Å². The molecule has 0 bridgehead atoms. The Hall–Kier alpha value is -8.29. The maximum Gasteiger partial charge on any atom is 0.164 e. The first kappa shape index (κ1) is 36.1. The maximum atomic E-state index is 5.28. The van der Waals surface area contributed by atoms with E-state index in [1.54, 1.807) is 0 Å². The summed E-state index contributed by atoms with van der Waals surface area (Å²) in [4.78, 5) is 34.5. The third kappa shape index (κ3) is 7.23. The largest absolute Gasteiger partial charge is 0.256 e. The number of pyridine rings is 4. The lowest BCUT2D eigenvalue weighted by atomic mass is 9.94. The molecular formula is C53H35N7. The van der Waals surface area contributed by atoms with Gasteiger partial charge in [0, 0.05) is 63.7 Å². The Bertz CT molecular complexity index is 2910. The Kier molecular flexibility index (Phi) is 9.79. The molecule has 5 heterocycles. The molecule has 10 aromatic rings. The molecule has 0 aliphatic carbocycles. The van der Waals surface area contributed by atoms with Gasteiger partial charge in [0.05, 0.1) is 22.8 Å². The highest BCUT2D eigenvalue weighted by molar-refractivity contribution is 5.88. The first-order chi connectivity index (χ1) is 29.8. The van der Waals surface area contributed by atoms with E-state index in [2.05, 4.69) is 107 Å². The Balaban J connectivity index is 1.10. The molecule has 10 rings (SSSR count). The van der Waals surface area contributed by atoms with E-state index in [-0.39, 0.29) is 0 Å².